The fourth-order valence-electron chi connectivity index (χ4n) is 4.67. The highest BCUT2D eigenvalue weighted by molar-refractivity contribution is 6.30. The van der Waals surface area contributed by atoms with Gasteiger partial charge in [-0.2, -0.15) is 5.10 Å². The van der Waals surface area contributed by atoms with E-state index < -0.39 is 0 Å². The molecular weight excluding hydrogens is 491 g/mol. The van der Waals surface area contributed by atoms with Gasteiger partial charge < -0.3 is 20.0 Å². The van der Waals surface area contributed by atoms with Gasteiger partial charge in [0.05, 0.1) is 17.9 Å². The first kappa shape index (κ1) is 26.9. The molecule has 1 N–H and O–H groups in total. The molecule has 1 aliphatic rings. The summed E-state index contributed by atoms with van der Waals surface area (Å²) in [6.07, 6.45) is 0.801. The van der Waals surface area contributed by atoms with Gasteiger partial charge in [0.2, 0.25) is 0 Å². The zero-order chi connectivity index (χ0) is 26.5. The Labute approximate surface area is 223 Å². The van der Waals surface area contributed by atoms with Gasteiger partial charge in [0.15, 0.2) is 0 Å². The van der Waals surface area contributed by atoms with Gasteiger partial charge in [-0.15, -0.1) is 0 Å². The van der Waals surface area contributed by atoms with Crippen LogP contribution in [0.3, 0.4) is 0 Å². The van der Waals surface area contributed by atoms with Crippen molar-refractivity contribution < 1.29 is 9.18 Å². The molecule has 3 aromatic rings. The second-order valence-electron chi connectivity index (χ2n) is 9.52. The van der Waals surface area contributed by atoms with Crippen molar-refractivity contribution in [1.82, 2.24) is 19.6 Å². The number of carbonyl (C=O) groups is 1. The molecule has 0 radical (unpaired) electrons. The van der Waals surface area contributed by atoms with Crippen molar-refractivity contribution in [2.24, 2.45) is 0 Å². The summed E-state index contributed by atoms with van der Waals surface area (Å²) in [5.41, 5.74) is 3.15. The summed E-state index contributed by atoms with van der Waals surface area (Å²) in [5.74, 6) is 0.615. The van der Waals surface area contributed by atoms with Gasteiger partial charge in [0.1, 0.15) is 11.6 Å². The van der Waals surface area contributed by atoms with Crippen LogP contribution in [0.5, 0.6) is 0 Å². The Bertz CT molecular complexity index is 1210. The highest BCUT2D eigenvalue weighted by Crippen LogP contribution is 2.31. The van der Waals surface area contributed by atoms with Crippen LogP contribution in [-0.4, -0.2) is 64.4 Å². The predicted octanol–water partition coefficient (Wildman–Crippen LogP) is 5.95. The highest BCUT2D eigenvalue weighted by atomic mass is 35.5. The Balaban J connectivity index is 1.71. The summed E-state index contributed by atoms with van der Waals surface area (Å²) < 4.78 is 16.0. The van der Waals surface area contributed by atoms with E-state index >= 15 is 0 Å². The topological polar surface area (TPSA) is 56.6 Å². The first-order valence-corrected chi connectivity index (χ1v) is 13.3. The van der Waals surface area contributed by atoms with E-state index in [0.717, 1.165) is 56.2 Å². The lowest BCUT2D eigenvalue weighted by atomic mass is 10.1. The van der Waals surface area contributed by atoms with E-state index in [-0.39, 0.29) is 17.9 Å². The maximum atomic E-state index is 14.2. The minimum atomic E-state index is -0.308. The first-order valence-electron chi connectivity index (χ1n) is 13.0. The van der Waals surface area contributed by atoms with E-state index in [9.17, 15) is 9.18 Å². The lowest BCUT2D eigenvalue weighted by Crippen LogP contribution is -2.47. The quantitative estimate of drug-likeness (QED) is 0.394. The van der Waals surface area contributed by atoms with Crippen molar-refractivity contribution in [2.45, 2.75) is 46.7 Å². The normalized spacial score (nSPS) is 15.0. The van der Waals surface area contributed by atoms with Crippen molar-refractivity contribution in [3.8, 4) is 5.69 Å². The zero-order valence-corrected chi connectivity index (χ0v) is 22.8. The van der Waals surface area contributed by atoms with Crippen molar-refractivity contribution in [3.63, 3.8) is 0 Å². The molecule has 0 saturated carbocycles. The molecule has 0 spiro atoms. The van der Waals surface area contributed by atoms with Crippen LogP contribution in [0.2, 0.25) is 5.02 Å². The van der Waals surface area contributed by atoms with Crippen LogP contribution in [0.1, 0.15) is 38.4 Å². The molecule has 2 aromatic carbocycles. The van der Waals surface area contributed by atoms with Crippen LogP contribution in [0.4, 0.5) is 20.7 Å². The van der Waals surface area contributed by atoms with Crippen LogP contribution in [0.25, 0.3) is 5.69 Å². The number of rotatable bonds is 8. The van der Waals surface area contributed by atoms with Crippen LogP contribution < -0.4 is 10.2 Å². The molecule has 4 rings (SSSR count). The lowest BCUT2D eigenvalue weighted by molar-refractivity contribution is 0.187. The summed E-state index contributed by atoms with van der Waals surface area (Å²) in [5, 5.41) is 8.48. The van der Waals surface area contributed by atoms with E-state index in [1.165, 1.54) is 12.1 Å². The summed E-state index contributed by atoms with van der Waals surface area (Å²) in [6.45, 7) is 13.2. The SMILES string of the molecule is CCC(C)N(Cc1c(C)nn(-c2cccc(F)c2)c1N1CCN(CC)CC1)C(=O)Nc1ccc(Cl)cc1. The Morgan fingerprint density at radius 2 is 1.84 bits per heavy atom. The molecule has 1 fully saturated rings. The van der Waals surface area contributed by atoms with Gasteiger partial charge in [-0.25, -0.2) is 13.9 Å². The van der Waals surface area contributed by atoms with Crippen LogP contribution >= 0.6 is 11.6 Å². The number of carbonyl (C=O) groups excluding carboxylic acids is 1. The summed E-state index contributed by atoms with van der Waals surface area (Å²) in [4.78, 5) is 20.1. The summed E-state index contributed by atoms with van der Waals surface area (Å²) >= 11 is 6.02. The molecule has 9 heteroatoms. The second-order valence-corrected chi connectivity index (χ2v) is 9.96. The number of hydrogen-bond donors (Lipinski definition) is 1. The number of amides is 2. The number of aromatic nitrogens is 2. The van der Waals surface area contributed by atoms with Crippen molar-refractivity contribution in [2.75, 3.05) is 42.9 Å². The number of piperazine rings is 1. The number of halogens is 2. The van der Waals surface area contributed by atoms with Crippen molar-refractivity contribution >= 4 is 29.1 Å². The van der Waals surface area contributed by atoms with E-state index in [4.69, 9.17) is 16.7 Å². The third kappa shape index (κ3) is 6.25. The Hall–Kier alpha value is -3.10. The first-order chi connectivity index (χ1) is 17.8. The van der Waals surface area contributed by atoms with E-state index in [0.29, 0.717) is 22.9 Å². The lowest BCUT2D eigenvalue weighted by Gasteiger charge is -2.37. The number of aryl methyl sites for hydroxylation is 1. The maximum absolute atomic E-state index is 14.2. The number of nitrogens with zero attached hydrogens (tertiary/aromatic N) is 5. The molecule has 0 bridgehead atoms. The van der Waals surface area contributed by atoms with Gasteiger partial charge in [0, 0.05) is 48.5 Å². The molecule has 1 atom stereocenters. The van der Waals surface area contributed by atoms with Crippen LogP contribution in [-0.2, 0) is 6.54 Å². The largest absolute Gasteiger partial charge is 0.354 e. The van der Waals surface area contributed by atoms with Gasteiger partial charge >= 0.3 is 6.03 Å². The Kier molecular flexibility index (Phi) is 8.71. The molecule has 2 amide bonds. The Morgan fingerprint density at radius 3 is 2.46 bits per heavy atom. The van der Waals surface area contributed by atoms with Crippen molar-refractivity contribution in [3.05, 3.63) is 70.6 Å². The minimum Gasteiger partial charge on any atom is -0.354 e. The third-order valence-electron chi connectivity index (χ3n) is 7.14. The van der Waals surface area contributed by atoms with Crippen LogP contribution in [0, 0.1) is 12.7 Å². The summed E-state index contributed by atoms with van der Waals surface area (Å²) in [7, 11) is 0. The monoisotopic (exact) mass is 526 g/mol. The van der Waals surface area contributed by atoms with Gasteiger partial charge in [-0.05, 0) is 69.3 Å². The zero-order valence-electron chi connectivity index (χ0n) is 22.0. The molecule has 7 nitrogen and oxygen atoms in total. The summed E-state index contributed by atoms with van der Waals surface area (Å²) in [6, 6.07) is 13.4. The third-order valence-corrected chi connectivity index (χ3v) is 7.39. The molecule has 0 aliphatic carbocycles. The fraction of sp³-hybridized carbons (Fsp3) is 0.429. The smallest absolute Gasteiger partial charge is 0.322 e. The number of nitrogens with one attached hydrogen (secondary N) is 1. The second kappa shape index (κ2) is 12.0. The number of anilines is 2. The molecular formula is C28H36ClFN6O. The van der Waals surface area contributed by atoms with E-state index in [1.54, 1.807) is 30.3 Å². The van der Waals surface area contributed by atoms with Gasteiger partial charge in [-0.1, -0.05) is 31.5 Å². The number of urea groups is 1. The average molecular weight is 527 g/mol. The molecule has 1 aromatic heterocycles. The maximum Gasteiger partial charge on any atom is 0.322 e. The minimum absolute atomic E-state index is 0.00555. The molecule has 1 aliphatic heterocycles. The van der Waals surface area contributed by atoms with Gasteiger partial charge in [0.25, 0.3) is 0 Å². The van der Waals surface area contributed by atoms with E-state index in [1.807, 2.05) is 29.5 Å². The molecule has 2 heterocycles. The molecule has 37 heavy (non-hydrogen) atoms. The van der Waals surface area contributed by atoms with Crippen molar-refractivity contribution in [1.29, 1.82) is 0 Å². The van der Waals surface area contributed by atoms with Crippen LogP contribution in [0.15, 0.2) is 48.5 Å². The molecule has 1 unspecified atom stereocenters. The predicted molar refractivity (Wildman–Crippen MR) is 148 cm³/mol. The average Bonchev–Trinajstić information content (AvgIpc) is 3.23. The number of benzene rings is 2. The Morgan fingerprint density at radius 1 is 1.14 bits per heavy atom. The van der Waals surface area contributed by atoms with E-state index in [2.05, 4.69) is 29.0 Å². The number of likely N-dealkylation sites (N-methyl/N-ethyl adjacent to an activating group) is 1. The number of hydrogen-bond acceptors (Lipinski definition) is 4. The molecule has 1 saturated heterocycles. The van der Waals surface area contributed by atoms with Gasteiger partial charge in [-0.3, -0.25) is 0 Å². The molecule has 198 valence electrons. The standard InChI is InChI=1S/C28H36ClFN6O/c1-5-20(3)35(28(37)31-24-12-10-22(29)11-13-24)19-26-21(4)32-36(25-9-7-8-23(30)18-25)27(26)34-16-14-33(6-2)15-17-34/h7-13,18,20H,5-6,14-17,19H2,1-4H3,(H,31,37). The highest BCUT2D eigenvalue weighted by Gasteiger charge is 2.29. The fourth-order valence-corrected chi connectivity index (χ4v) is 4.79.